The summed E-state index contributed by atoms with van der Waals surface area (Å²) in [6.07, 6.45) is 4.78. The summed E-state index contributed by atoms with van der Waals surface area (Å²) < 4.78 is 3.27. The molecule has 31 heavy (non-hydrogen) atoms. The van der Waals surface area contributed by atoms with Crippen LogP contribution in [-0.4, -0.2) is 53.2 Å². The summed E-state index contributed by atoms with van der Waals surface area (Å²) in [5.74, 6) is 0. The third kappa shape index (κ3) is 3.14. The number of nitrogens with zero attached hydrogens (tertiary/aromatic N) is 6. The SMILES string of the molecule is Cc1cn2nc(-c3nc4ccccn4c(=O)c3C3=CCN(C(=O)O)CC3)cc2c(C)n1. The Labute approximate surface area is 176 Å². The minimum Gasteiger partial charge on any atom is -0.465 e. The van der Waals surface area contributed by atoms with Crippen LogP contribution in [0.15, 0.2) is 47.5 Å². The molecule has 0 atom stereocenters. The maximum Gasteiger partial charge on any atom is 0.407 e. The van der Waals surface area contributed by atoms with Gasteiger partial charge in [-0.1, -0.05) is 12.1 Å². The monoisotopic (exact) mass is 416 g/mol. The fraction of sp³-hybridized carbons (Fsp3) is 0.227. The highest BCUT2D eigenvalue weighted by molar-refractivity contribution is 5.81. The maximum atomic E-state index is 13.5. The average Bonchev–Trinajstić information content (AvgIpc) is 3.18. The van der Waals surface area contributed by atoms with Crippen molar-refractivity contribution in [3.8, 4) is 11.4 Å². The molecule has 0 unspecified atom stereocenters. The first-order valence-electron chi connectivity index (χ1n) is 9.95. The quantitative estimate of drug-likeness (QED) is 0.539. The highest BCUT2D eigenvalue weighted by atomic mass is 16.4. The lowest BCUT2D eigenvalue weighted by molar-refractivity contribution is 0.150. The van der Waals surface area contributed by atoms with Crippen molar-refractivity contribution in [2.75, 3.05) is 13.1 Å². The lowest BCUT2D eigenvalue weighted by atomic mass is 9.97. The molecule has 0 saturated heterocycles. The Kier molecular flexibility index (Phi) is 4.32. The van der Waals surface area contributed by atoms with Gasteiger partial charge in [0.1, 0.15) is 17.0 Å². The van der Waals surface area contributed by atoms with Gasteiger partial charge in [0, 0.05) is 19.3 Å². The van der Waals surface area contributed by atoms with Crippen molar-refractivity contribution in [1.82, 2.24) is 28.9 Å². The van der Waals surface area contributed by atoms with Crippen molar-refractivity contribution >= 4 is 22.8 Å². The van der Waals surface area contributed by atoms with E-state index >= 15 is 0 Å². The van der Waals surface area contributed by atoms with Gasteiger partial charge in [0.05, 0.1) is 28.7 Å². The van der Waals surface area contributed by atoms with Gasteiger partial charge in [-0.2, -0.15) is 5.10 Å². The minimum absolute atomic E-state index is 0.196. The number of pyridine rings is 1. The van der Waals surface area contributed by atoms with E-state index in [-0.39, 0.29) is 12.1 Å². The Morgan fingerprint density at radius 3 is 2.77 bits per heavy atom. The van der Waals surface area contributed by atoms with Gasteiger partial charge in [-0.3, -0.25) is 14.2 Å². The zero-order valence-corrected chi connectivity index (χ0v) is 17.1. The second kappa shape index (κ2) is 7.05. The normalized spacial score (nSPS) is 14.3. The molecular formula is C22H20N6O3. The Hall–Kier alpha value is -4.01. The van der Waals surface area contributed by atoms with Crippen molar-refractivity contribution in [3.63, 3.8) is 0 Å². The minimum atomic E-state index is -0.970. The molecule has 5 rings (SSSR count). The molecular weight excluding hydrogens is 396 g/mol. The van der Waals surface area contributed by atoms with Crippen molar-refractivity contribution < 1.29 is 9.90 Å². The summed E-state index contributed by atoms with van der Waals surface area (Å²) in [5.41, 5.74) is 5.17. The predicted molar refractivity (Wildman–Crippen MR) is 115 cm³/mol. The molecule has 0 bridgehead atoms. The van der Waals surface area contributed by atoms with E-state index in [2.05, 4.69) is 10.1 Å². The lowest BCUT2D eigenvalue weighted by Gasteiger charge is -2.24. The van der Waals surface area contributed by atoms with Gasteiger partial charge in [0.25, 0.3) is 5.56 Å². The third-order valence-corrected chi connectivity index (χ3v) is 5.54. The summed E-state index contributed by atoms with van der Waals surface area (Å²) in [5, 5.41) is 13.9. The van der Waals surface area contributed by atoms with Crippen molar-refractivity contribution in [2.24, 2.45) is 0 Å². The number of aromatic nitrogens is 5. The van der Waals surface area contributed by atoms with E-state index in [1.54, 1.807) is 28.9 Å². The van der Waals surface area contributed by atoms with Gasteiger partial charge < -0.3 is 10.0 Å². The number of hydrogen-bond acceptors (Lipinski definition) is 5. The summed E-state index contributed by atoms with van der Waals surface area (Å²) >= 11 is 0. The van der Waals surface area contributed by atoms with Crippen molar-refractivity contribution in [1.29, 1.82) is 0 Å². The van der Waals surface area contributed by atoms with Gasteiger partial charge in [-0.15, -0.1) is 0 Å². The van der Waals surface area contributed by atoms with E-state index in [4.69, 9.17) is 4.98 Å². The van der Waals surface area contributed by atoms with Gasteiger partial charge >= 0.3 is 6.09 Å². The van der Waals surface area contributed by atoms with Gasteiger partial charge in [0.2, 0.25) is 0 Å². The van der Waals surface area contributed by atoms with Gasteiger partial charge in [-0.25, -0.2) is 14.3 Å². The summed E-state index contributed by atoms with van der Waals surface area (Å²) in [4.78, 5) is 35.4. The largest absolute Gasteiger partial charge is 0.465 e. The highest BCUT2D eigenvalue weighted by Crippen LogP contribution is 2.29. The average molecular weight is 416 g/mol. The molecule has 5 heterocycles. The number of amides is 1. The van der Waals surface area contributed by atoms with Crippen LogP contribution >= 0.6 is 0 Å². The zero-order chi connectivity index (χ0) is 21.7. The van der Waals surface area contributed by atoms with E-state index in [9.17, 15) is 14.7 Å². The topological polar surface area (TPSA) is 105 Å². The smallest absolute Gasteiger partial charge is 0.407 e. The standard InChI is InChI=1S/C22H20N6O3/c1-13-12-28-17(14(2)23-13)11-16(25-28)20-19(15-6-9-26(10-7-15)22(30)31)21(29)27-8-4-3-5-18(27)24-20/h3-6,8,11-12H,7,9-10H2,1-2H3,(H,30,31). The number of fused-ring (bicyclic) bond motifs is 2. The van der Waals surface area contributed by atoms with Crippen LogP contribution in [0.25, 0.3) is 28.1 Å². The Bertz CT molecular complexity index is 1450. The van der Waals surface area contributed by atoms with E-state index in [0.717, 1.165) is 22.5 Å². The number of aryl methyl sites for hydroxylation is 2. The molecule has 0 radical (unpaired) electrons. The molecule has 1 N–H and O–H groups in total. The van der Waals surface area contributed by atoms with E-state index < -0.39 is 6.09 Å². The number of carboxylic acid groups (broad SMARTS) is 1. The van der Waals surface area contributed by atoms with Crippen LogP contribution in [0.3, 0.4) is 0 Å². The Morgan fingerprint density at radius 1 is 1.19 bits per heavy atom. The van der Waals surface area contributed by atoms with E-state index in [1.807, 2.05) is 32.2 Å². The molecule has 9 heteroatoms. The van der Waals surface area contributed by atoms with Crippen molar-refractivity contribution in [2.45, 2.75) is 20.3 Å². The van der Waals surface area contributed by atoms with Crippen LogP contribution in [0.4, 0.5) is 4.79 Å². The predicted octanol–water partition coefficient (Wildman–Crippen LogP) is 2.79. The van der Waals surface area contributed by atoms with Crippen LogP contribution in [0, 0.1) is 13.8 Å². The Morgan fingerprint density at radius 2 is 2.03 bits per heavy atom. The van der Waals surface area contributed by atoms with E-state index in [1.165, 1.54) is 9.30 Å². The fourth-order valence-electron chi connectivity index (χ4n) is 4.04. The highest BCUT2D eigenvalue weighted by Gasteiger charge is 2.24. The fourth-order valence-corrected chi connectivity index (χ4v) is 4.04. The molecule has 1 amide bonds. The summed E-state index contributed by atoms with van der Waals surface area (Å²) in [7, 11) is 0. The lowest BCUT2D eigenvalue weighted by Crippen LogP contribution is -2.34. The maximum absolute atomic E-state index is 13.5. The second-order valence-electron chi connectivity index (χ2n) is 7.60. The van der Waals surface area contributed by atoms with Crippen LogP contribution in [0.2, 0.25) is 0 Å². The molecule has 0 spiro atoms. The third-order valence-electron chi connectivity index (χ3n) is 5.54. The molecule has 0 aliphatic carbocycles. The number of rotatable bonds is 2. The molecule has 0 saturated carbocycles. The van der Waals surface area contributed by atoms with E-state index in [0.29, 0.717) is 35.6 Å². The first-order chi connectivity index (χ1) is 14.9. The first-order valence-corrected chi connectivity index (χ1v) is 9.95. The number of carbonyl (C=O) groups is 1. The summed E-state index contributed by atoms with van der Waals surface area (Å²) in [6.45, 7) is 4.38. The molecule has 1 aliphatic heterocycles. The zero-order valence-electron chi connectivity index (χ0n) is 17.1. The van der Waals surface area contributed by atoms with Gasteiger partial charge in [-0.05, 0) is 44.0 Å². The Balaban J connectivity index is 1.76. The van der Waals surface area contributed by atoms with Gasteiger partial charge in [0.15, 0.2) is 0 Å². The molecule has 0 aromatic carbocycles. The molecule has 1 aliphatic rings. The molecule has 0 fully saturated rings. The molecule has 4 aromatic heterocycles. The summed E-state index contributed by atoms with van der Waals surface area (Å²) in [6, 6.07) is 7.28. The molecule has 4 aromatic rings. The van der Waals surface area contributed by atoms with Crippen LogP contribution in [0.1, 0.15) is 23.4 Å². The van der Waals surface area contributed by atoms with Crippen LogP contribution < -0.4 is 5.56 Å². The second-order valence-corrected chi connectivity index (χ2v) is 7.60. The molecule has 9 nitrogen and oxygen atoms in total. The number of hydrogen-bond donors (Lipinski definition) is 1. The first kappa shape index (κ1) is 19.0. The van der Waals surface area contributed by atoms with Crippen LogP contribution in [0.5, 0.6) is 0 Å². The van der Waals surface area contributed by atoms with Crippen molar-refractivity contribution in [3.05, 3.63) is 70.0 Å². The molecule has 156 valence electrons. The van der Waals surface area contributed by atoms with Crippen LogP contribution in [-0.2, 0) is 0 Å².